The van der Waals surface area contributed by atoms with Crippen LogP contribution in [-0.2, 0) is 6.54 Å². The summed E-state index contributed by atoms with van der Waals surface area (Å²) in [6.07, 6.45) is 0. The predicted molar refractivity (Wildman–Crippen MR) is 75.1 cm³/mol. The van der Waals surface area contributed by atoms with E-state index in [0.29, 0.717) is 17.1 Å². The van der Waals surface area contributed by atoms with Gasteiger partial charge in [-0.25, -0.2) is 0 Å². The van der Waals surface area contributed by atoms with Crippen LogP contribution in [0, 0.1) is 0 Å². The lowest BCUT2D eigenvalue weighted by Crippen LogP contribution is -2.54. The SMILES string of the molecule is CC1CN(Cc2cccc(Cl)c2O)CC(C)N1C. The van der Waals surface area contributed by atoms with E-state index in [9.17, 15) is 5.11 Å². The number of aromatic hydroxyl groups is 1. The van der Waals surface area contributed by atoms with Gasteiger partial charge in [0.1, 0.15) is 5.75 Å². The number of phenolic OH excluding ortho intramolecular Hbond substituents is 1. The topological polar surface area (TPSA) is 26.7 Å². The molecule has 100 valence electrons. The molecule has 18 heavy (non-hydrogen) atoms. The van der Waals surface area contributed by atoms with Gasteiger partial charge in [-0.3, -0.25) is 9.80 Å². The second kappa shape index (κ2) is 5.47. The molecule has 1 aromatic carbocycles. The number of rotatable bonds is 2. The molecule has 1 aliphatic heterocycles. The Labute approximate surface area is 114 Å². The third-order valence-corrected chi connectivity index (χ3v) is 4.20. The van der Waals surface area contributed by atoms with Crippen LogP contribution in [0.15, 0.2) is 18.2 Å². The lowest BCUT2D eigenvalue weighted by atomic mass is 10.1. The van der Waals surface area contributed by atoms with Gasteiger partial charge in [-0.05, 0) is 27.0 Å². The van der Waals surface area contributed by atoms with Gasteiger partial charge in [-0.15, -0.1) is 0 Å². The van der Waals surface area contributed by atoms with Crippen molar-refractivity contribution in [3.8, 4) is 5.75 Å². The molecule has 2 unspecified atom stereocenters. The van der Waals surface area contributed by atoms with Gasteiger partial charge in [-0.2, -0.15) is 0 Å². The monoisotopic (exact) mass is 268 g/mol. The van der Waals surface area contributed by atoms with Crippen LogP contribution in [0.2, 0.25) is 5.02 Å². The van der Waals surface area contributed by atoms with Crippen LogP contribution in [0.5, 0.6) is 5.75 Å². The largest absolute Gasteiger partial charge is 0.506 e. The van der Waals surface area contributed by atoms with Crippen molar-refractivity contribution in [1.29, 1.82) is 0 Å². The van der Waals surface area contributed by atoms with Crippen LogP contribution in [0.1, 0.15) is 19.4 Å². The number of hydrogen-bond donors (Lipinski definition) is 1. The third-order valence-electron chi connectivity index (χ3n) is 3.90. The Morgan fingerprint density at radius 3 is 2.50 bits per heavy atom. The summed E-state index contributed by atoms with van der Waals surface area (Å²) in [7, 11) is 2.17. The molecule has 0 spiro atoms. The van der Waals surface area contributed by atoms with Gasteiger partial charge in [0, 0.05) is 37.3 Å². The van der Waals surface area contributed by atoms with Crippen molar-refractivity contribution < 1.29 is 5.11 Å². The quantitative estimate of drug-likeness (QED) is 0.893. The van der Waals surface area contributed by atoms with Gasteiger partial charge < -0.3 is 5.11 Å². The summed E-state index contributed by atoms with van der Waals surface area (Å²) >= 11 is 5.94. The zero-order chi connectivity index (χ0) is 13.3. The third kappa shape index (κ3) is 2.79. The standard InChI is InChI=1S/C14H21ClN2O/c1-10-7-17(8-11(2)16(10)3)9-12-5-4-6-13(15)14(12)18/h4-6,10-11,18H,7-9H2,1-3H3. The maximum absolute atomic E-state index is 9.94. The van der Waals surface area contributed by atoms with E-state index in [1.165, 1.54) is 0 Å². The second-order valence-electron chi connectivity index (χ2n) is 5.31. The first kappa shape index (κ1) is 13.7. The highest BCUT2D eigenvalue weighted by molar-refractivity contribution is 6.32. The van der Waals surface area contributed by atoms with E-state index in [0.717, 1.165) is 25.2 Å². The Kier molecular flexibility index (Phi) is 4.15. The lowest BCUT2D eigenvalue weighted by Gasteiger charge is -2.42. The molecular formula is C14H21ClN2O. The summed E-state index contributed by atoms with van der Waals surface area (Å²) in [5, 5.41) is 10.4. The number of likely N-dealkylation sites (N-methyl/N-ethyl adjacent to an activating group) is 1. The van der Waals surface area contributed by atoms with Crippen molar-refractivity contribution in [3.63, 3.8) is 0 Å². The molecule has 1 aliphatic rings. The minimum absolute atomic E-state index is 0.221. The Morgan fingerprint density at radius 1 is 1.28 bits per heavy atom. The van der Waals surface area contributed by atoms with Crippen molar-refractivity contribution >= 4 is 11.6 Å². The van der Waals surface area contributed by atoms with Gasteiger partial charge >= 0.3 is 0 Å². The normalized spacial score (nSPS) is 26.4. The molecule has 4 heteroatoms. The summed E-state index contributed by atoms with van der Waals surface area (Å²) in [4.78, 5) is 4.77. The van der Waals surface area contributed by atoms with Gasteiger partial charge in [0.25, 0.3) is 0 Å². The Bertz CT molecular complexity index is 412. The van der Waals surface area contributed by atoms with Crippen LogP contribution in [-0.4, -0.2) is 47.1 Å². The Hall–Kier alpha value is -0.770. The van der Waals surface area contributed by atoms with Crippen molar-refractivity contribution in [2.75, 3.05) is 20.1 Å². The molecule has 1 heterocycles. The van der Waals surface area contributed by atoms with E-state index >= 15 is 0 Å². The van der Waals surface area contributed by atoms with E-state index in [1.807, 2.05) is 12.1 Å². The summed E-state index contributed by atoms with van der Waals surface area (Å²) in [5.41, 5.74) is 0.909. The maximum Gasteiger partial charge on any atom is 0.138 e. The molecule has 1 saturated heterocycles. The number of halogens is 1. The van der Waals surface area contributed by atoms with Crippen molar-refractivity contribution in [1.82, 2.24) is 9.80 Å². The molecule has 2 rings (SSSR count). The number of para-hydroxylation sites is 1. The minimum atomic E-state index is 0.221. The first-order valence-corrected chi connectivity index (χ1v) is 6.77. The number of benzene rings is 1. The van der Waals surface area contributed by atoms with Gasteiger partial charge in [0.05, 0.1) is 5.02 Å². The van der Waals surface area contributed by atoms with Crippen molar-refractivity contribution in [2.45, 2.75) is 32.5 Å². The molecular weight excluding hydrogens is 248 g/mol. The smallest absolute Gasteiger partial charge is 0.138 e. The highest BCUT2D eigenvalue weighted by Gasteiger charge is 2.26. The Morgan fingerprint density at radius 2 is 1.89 bits per heavy atom. The minimum Gasteiger partial charge on any atom is -0.506 e. The van der Waals surface area contributed by atoms with Crippen molar-refractivity contribution in [2.24, 2.45) is 0 Å². The average Bonchev–Trinajstić information content (AvgIpc) is 2.32. The maximum atomic E-state index is 9.94. The van der Waals surface area contributed by atoms with E-state index in [-0.39, 0.29) is 5.75 Å². The molecule has 0 aromatic heterocycles. The fraction of sp³-hybridized carbons (Fsp3) is 0.571. The van der Waals surface area contributed by atoms with Crippen LogP contribution in [0.4, 0.5) is 0 Å². The van der Waals surface area contributed by atoms with Gasteiger partial charge in [0.15, 0.2) is 0 Å². The molecule has 0 bridgehead atoms. The zero-order valence-corrected chi connectivity index (χ0v) is 12.0. The highest BCUT2D eigenvalue weighted by atomic mass is 35.5. The molecule has 3 nitrogen and oxygen atoms in total. The van der Waals surface area contributed by atoms with Gasteiger partial charge in [-0.1, -0.05) is 23.7 Å². The van der Waals surface area contributed by atoms with Gasteiger partial charge in [0.2, 0.25) is 0 Å². The molecule has 1 aromatic rings. The zero-order valence-electron chi connectivity index (χ0n) is 11.2. The molecule has 0 aliphatic carbocycles. The first-order chi connectivity index (χ1) is 8.49. The van der Waals surface area contributed by atoms with E-state index in [4.69, 9.17) is 11.6 Å². The summed E-state index contributed by atoms with van der Waals surface area (Å²) in [6.45, 7) is 7.27. The molecule has 1 fully saturated rings. The number of hydrogen-bond acceptors (Lipinski definition) is 3. The summed E-state index contributed by atoms with van der Waals surface area (Å²) in [6, 6.07) is 6.62. The molecule has 0 saturated carbocycles. The number of phenols is 1. The molecule has 0 amide bonds. The lowest BCUT2D eigenvalue weighted by molar-refractivity contribution is 0.0552. The van der Waals surface area contributed by atoms with Crippen LogP contribution >= 0.6 is 11.6 Å². The van der Waals surface area contributed by atoms with E-state index in [2.05, 4.69) is 30.7 Å². The second-order valence-corrected chi connectivity index (χ2v) is 5.71. The summed E-state index contributed by atoms with van der Waals surface area (Å²) in [5.74, 6) is 0.221. The van der Waals surface area contributed by atoms with Crippen LogP contribution < -0.4 is 0 Å². The highest BCUT2D eigenvalue weighted by Crippen LogP contribution is 2.28. The average molecular weight is 269 g/mol. The van der Waals surface area contributed by atoms with E-state index < -0.39 is 0 Å². The fourth-order valence-corrected chi connectivity index (χ4v) is 2.77. The molecule has 2 atom stereocenters. The van der Waals surface area contributed by atoms with Crippen LogP contribution in [0.25, 0.3) is 0 Å². The Balaban J connectivity index is 2.08. The van der Waals surface area contributed by atoms with Crippen LogP contribution in [0.3, 0.4) is 0 Å². The van der Waals surface area contributed by atoms with E-state index in [1.54, 1.807) is 6.07 Å². The fourth-order valence-electron chi connectivity index (χ4n) is 2.57. The number of nitrogens with zero attached hydrogens (tertiary/aromatic N) is 2. The molecule has 1 N–H and O–H groups in total. The first-order valence-electron chi connectivity index (χ1n) is 6.39. The predicted octanol–water partition coefficient (Wildman–Crippen LogP) is 2.57. The number of piperazine rings is 1. The summed E-state index contributed by atoms with van der Waals surface area (Å²) < 4.78 is 0. The molecule has 0 radical (unpaired) electrons. The van der Waals surface area contributed by atoms with Crippen molar-refractivity contribution in [3.05, 3.63) is 28.8 Å².